The summed E-state index contributed by atoms with van der Waals surface area (Å²) in [6, 6.07) is 1.92. The highest BCUT2D eigenvalue weighted by Gasteiger charge is 2.33. The molecule has 2 aliphatic heterocycles. The molecule has 4 rings (SSSR count). The van der Waals surface area contributed by atoms with Crippen LogP contribution in [0, 0.1) is 0 Å². The second-order valence-electron chi connectivity index (χ2n) is 10.6. The summed E-state index contributed by atoms with van der Waals surface area (Å²) >= 11 is 1.30. The lowest BCUT2D eigenvalue weighted by Gasteiger charge is -2.33. The van der Waals surface area contributed by atoms with Crippen LogP contribution >= 0.6 is 11.3 Å². The van der Waals surface area contributed by atoms with Gasteiger partial charge in [0.15, 0.2) is 4.80 Å². The van der Waals surface area contributed by atoms with Crippen LogP contribution in [0.3, 0.4) is 0 Å². The van der Waals surface area contributed by atoms with Gasteiger partial charge in [-0.2, -0.15) is 18.2 Å². The Morgan fingerprint density at radius 1 is 1.23 bits per heavy atom. The third-order valence-corrected chi connectivity index (χ3v) is 7.97. The van der Waals surface area contributed by atoms with E-state index < -0.39 is 29.8 Å². The van der Waals surface area contributed by atoms with E-state index in [-0.39, 0.29) is 49.2 Å². The van der Waals surface area contributed by atoms with Crippen molar-refractivity contribution in [1.82, 2.24) is 9.47 Å². The van der Waals surface area contributed by atoms with Gasteiger partial charge in [-0.15, -0.1) is 11.3 Å². The maximum absolute atomic E-state index is 13.5. The summed E-state index contributed by atoms with van der Waals surface area (Å²) in [4.78, 5) is 31.6. The van der Waals surface area contributed by atoms with Gasteiger partial charge in [0.05, 0.1) is 43.0 Å². The third kappa shape index (κ3) is 7.20. The number of carbonyl (C=O) groups is 2. The van der Waals surface area contributed by atoms with Crippen LogP contribution in [-0.2, 0) is 27.6 Å². The summed E-state index contributed by atoms with van der Waals surface area (Å²) in [6.45, 7) is 7.42. The van der Waals surface area contributed by atoms with Crippen LogP contribution in [0.15, 0.2) is 29.4 Å². The number of halogens is 3. The molecule has 0 spiro atoms. The molecule has 0 radical (unpaired) electrons. The molecule has 2 atom stereocenters. The Hall–Kier alpha value is -2.90. The summed E-state index contributed by atoms with van der Waals surface area (Å²) in [7, 11) is 0. The van der Waals surface area contributed by atoms with Crippen molar-refractivity contribution < 1.29 is 42.1 Å². The molecule has 1 N–H and O–H groups in total. The summed E-state index contributed by atoms with van der Waals surface area (Å²) < 4.78 is 59.3. The number of ether oxygens (including phenoxy) is 3. The molecule has 2 saturated heterocycles. The molecule has 13 heteroatoms. The highest BCUT2D eigenvalue weighted by Crippen LogP contribution is 2.33. The zero-order valence-electron chi connectivity index (χ0n) is 22.0. The molecule has 9 nitrogen and oxygen atoms in total. The molecule has 0 unspecified atom stereocenters. The first-order valence-electron chi connectivity index (χ1n) is 12.7. The Labute approximate surface area is 227 Å². The lowest BCUT2D eigenvalue weighted by Crippen LogP contribution is -2.50. The standard InChI is InChI=1S/C26H32F3N3O6S/c1-25(2,3)21-13-31(12-18-5-4-9-37-18)23(39-21)30-22(33)19-11-16(26(27,28)29)6-7-20(19)38-15-17-14-36-10-8-32(17)24(34)35/h6-7,11,13,17-18H,4-5,8-10,12,14-15H2,1-3H3,(H,34,35)/b30-23-/t17-,18+/m0/s1. The molecule has 0 aliphatic carbocycles. The predicted octanol–water partition coefficient (Wildman–Crippen LogP) is 4.54. The molecule has 2 aliphatic rings. The molecule has 2 aromatic rings. The van der Waals surface area contributed by atoms with E-state index in [0.717, 1.165) is 40.8 Å². The van der Waals surface area contributed by atoms with Gasteiger partial charge in [-0.05, 0) is 36.5 Å². The maximum atomic E-state index is 13.5. The van der Waals surface area contributed by atoms with Crippen LogP contribution < -0.4 is 9.54 Å². The molecular formula is C26H32F3N3O6S. The Balaban J connectivity index is 1.69. The number of carboxylic acid groups (broad SMARTS) is 1. The topological polar surface area (TPSA) is 103 Å². The van der Waals surface area contributed by atoms with Crippen LogP contribution in [0.5, 0.6) is 5.75 Å². The van der Waals surface area contributed by atoms with Gasteiger partial charge in [-0.1, -0.05) is 20.8 Å². The molecule has 3 heterocycles. The molecule has 39 heavy (non-hydrogen) atoms. The van der Waals surface area contributed by atoms with Crippen LogP contribution in [0.4, 0.5) is 18.0 Å². The monoisotopic (exact) mass is 571 g/mol. The number of morpholine rings is 1. The number of thiazole rings is 1. The third-order valence-electron chi connectivity index (χ3n) is 6.52. The largest absolute Gasteiger partial charge is 0.491 e. The average molecular weight is 572 g/mol. The van der Waals surface area contributed by atoms with Gasteiger partial charge in [0.25, 0.3) is 5.91 Å². The van der Waals surface area contributed by atoms with Crippen molar-refractivity contribution in [3.8, 4) is 5.75 Å². The second-order valence-corrected chi connectivity index (χ2v) is 11.6. The SMILES string of the molecule is CC(C)(C)c1cn(C[C@H]2CCCO2)/c(=N/C(=O)c2cc(C(F)(F)F)ccc2OC[C@@H]2COCCN2C(=O)O)s1. The average Bonchev–Trinajstić information content (AvgIpc) is 3.52. The van der Waals surface area contributed by atoms with Crippen molar-refractivity contribution in [3.63, 3.8) is 0 Å². The van der Waals surface area contributed by atoms with Gasteiger partial charge in [-0.3, -0.25) is 9.69 Å². The Morgan fingerprint density at radius 3 is 2.64 bits per heavy atom. The number of hydrogen-bond acceptors (Lipinski definition) is 6. The number of rotatable bonds is 6. The highest BCUT2D eigenvalue weighted by atomic mass is 32.1. The van der Waals surface area contributed by atoms with Gasteiger partial charge in [0.2, 0.25) is 0 Å². The van der Waals surface area contributed by atoms with E-state index >= 15 is 0 Å². The van der Waals surface area contributed by atoms with Gasteiger partial charge >= 0.3 is 12.3 Å². The molecule has 214 valence electrons. The fourth-order valence-corrected chi connectivity index (χ4v) is 5.39. The first-order valence-corrected chi connectivity index (χ1v) is 13.5. The molecule has 0 bridgehead atoms. The molecule has 1 aromatic heterocycles. The van der Waals surface area contributed by atoms with Crippen LogP contribution in [-0.4, -0.2) is 71.7 Å². The van der Waals surface area contributed by atoms with Gasteiger partial charge in [-0.25, -0.2) is 4.79 Å². The van der Waals surface area contributed by atoms with Crippen LogP contribution in [0.25, 0.3) is 0 Å². The van der Waals surface area contributed by atoms with Crippen LogP contribution in [0.2, 0.25) is 0 Å². The normalized spacial score (nSPS) is 20.9. The van der Waals surface area contributed by atoms with Gasteiger partial charge in [0.1, 0.15) is 12.4 Å². The molecule has 1 aromatic carbocycles. The predicted molar refractivity (Wildman–Crippen MR) is 136 cm³/mol. The Kier molecular flexibility index (Phi) is 8.72. The van der Waals surface area contributed by atoms with Gasteiger partial charge < -0.3 is 23.9 Å². The first-order chi connectivity index (χ1) is 18.3. The van der Waals surface area contributed by atoms with E-state index in [2.05, 4.69) is 4.99 Å². The number of nitrogens with zero attached hydrogens (tertiary/aromatic N) is 3. The fraction of sp³-hybridized carbons (Fsp3) is 0.577. The Morgan fingerprint density at radius 2 is 2.00 bits per heavy atom. The smallest absolute Gasteiger partial charge is 0.416 e. The van der Waals surface area contributed by atoms with Crippen molar-refractivity contribution in [3.05, 3.63) is 45.2 Å². The summed E-state index contributed by atoms with van der Waals surface area (Å²) in [5.74, 6) is -1.01. The van der Waals surface area contributed by atoms with E-state index in [1.54, 1.807) is 0 Å². The zero-order chi connectivity index (χ0) is 28.4. The lowest BCUT2D eigenvalue weighted by atomic mass is 9.95. The summed E-state index contributed by atoms with van der Waals surface area (Å²) in [5, 5.41) is 9.44. The molecule has 0 saturated carbocycles. The first kappa shape index (κ1) is 29.1. The minimum absolute atomic E-state index is 0.0381. The Bertz CT molecular complexity index is 1260. The van der Waals surface area contributed by atoms with E-state index in [4.69, 9.17) is 14.2 Å². The van der Waals surface area contributed by atoms with Crippen molar-refractivity contribution in [1.29, 1.82) is 0 Å². The number of aromatic nitrogens is 1. The van der Waals surface area contributed by atoms with Crippen molar-refractivity contribution >= 4 is 23.3 Å². The number of amides is 2. The summed E-state index contributed by atoms with van der Waals surface area (Å²) in [6.07, 6.45) is -2.18. The van der Waals surface area contributed by atoms with Gasteiger partial charge in [0, 0.05) is 24.2 Å². The van der Waals surface area contributed by atoms with Crippen molar-refractivity contribution in [2.24, 2.45) is 4.99 Å². The van der Waals surface area contributed by atoms with E-state index in [1.807, 2.05) is 31.5 Å². The van der Waals surface area contributed by atoms with Crippen molar-refractivity contribution in [2.45, 2.75) is 63.9 Å². The minimum atomic E-state index is -4.69. The van der Waals surface area contributed by atoms with Crippen molar-refractivity contribution in [2.75, 3.05) is 33.0 Å². The number of carbonyl (C=O) groups excluding carboxylic acids is 1. The fourth-order valence-electron chi connectivity index (χ4n) is 4.33. The number of hydrogen-bond donors (Lipinski definition) is 1. The maximum Gasteiger partial charge on any atom is 0.416 e. The molecular weight excluding hydrogens is 539 g/mol. The van der Waals surface area contributed by atoms with E-state index in [0.29, 0.717) is 18.0 Å². The lowest BCUT2D eigenvalue weighted by molar-refractivity contribution is -0.137. The summed E-state index contributed by atoms with van der Waals surface area (Å²) in [5.41, 5.74) is -1.62. The second kappa shape index (κ2) is 11.7. The van der Waals surface area contributed by atoms with E-state index in [9.17, 15) is 27.9 Å². The van der Waals surface area contributed by atoms with Crippen LogP contribution in [0.1, 0.15) is 54.4 Å². The number of benzene rings is 1. The minimum Gasteiger partial charge on any atom is -0.491 e. The quantitative estimate of drug-likeness (QED) is 0.546. The number of alkyl halides is 3. The highest BCUT2D eigenvalue weighted by molar-refractivity contribution is 7.09. The molecule has 2 fully saturated rings. The molecule has 2 amide bonds. The zero-order valence-corrected chi connectivity index (χ0v) is 22.8. The van der Waals surface area contributed by atoms with E-state index in [1.165, 1.54) is 11.3 Å².